The van der Waals surface area contributed by atoms with E-state index in [2.05, 4.69) is 119 Å². The Morgan fingerprint density at radius 2 is 1.26 bits per heavy atom. The van der Waals surface area contributed by atoms with E-state index in [1.165, 1.54) is 11.1 Å². The van der Waals surface area contributed by atoms with Crippen molar-refractivity contribution in [1.82, 2.24) is 14.5 Å². The standard InChI is InChI=1S/C42H39N3O/c1-41(2,3)30-19-21-32(22-20-30)45-36-17-10-16-34(33-15-7-8-18-37(33)46)39(36)44-40(45)29-13-9-12-27(24-29)35-26-31(42(4,5)6)25-28-14-11-23-43-38(28)35/h7-26,46H,1-6H3. The molecule has 0 fully saturated rings. The maximum atomic E-state index is 10.8. The van der Waals surface area contributed by atoms with E-state index in [0.717, 1.165) is 61.3 Å². The summed E-state index contributed by atoms with van der Waals surface area (Å²) in [7, 11) is 0. The van der Waals surface area contributed by atoms with Crippen LogP contribution >= 0.6 is 0 Å². The topological polar surface area (TPSA) is 50.9 Å². The maximum absolute atomic E-state index is 10.8. The van der Waals surface area contributed by atoms with Gasteiger partial charge in [-0.2, -0.15) is 0 Å². The van der Waals surface area contributed by atoms with Gasteiger partial charge in [0.15, 0.2) is 0 Å². The smallest absolute Gasteiger partial charge is 0.145 e. The molecule has 0 atom stereocenters. The Balaban J connectivity index is 1.48. The van der Waals surface area contributed by atoms with Gasteiger partial charge in [-0.05, 0) is 76.1 Å². The lowest BCUT2D eigenvalue weighted by Gasteiger charge is -2.21. The molecule has 0 aliphatic rings. The van der Waals surface area contributed by atoms with E-state index >= 15 is 0 Å². The fourth-order valence-electron chi connectivity index (χ4n) is 6.25. The van der Waals surface area contributed by atoms with Crippen LogP contribution in [-0.2, 0) is 10.8 Å². The van der Waals surface area contributed by atoms with Gasteiger partial charge in [0.1, 0.15) is 11.6 Å². The van der Waals surface area contributed by atoms with Gasteiger partial charge in [0.25, 0.3) is 0 Å². The quantitative estimate of drug-likeness (QED) is 0.218. The molecule has 1 N–H and O–H groups in total. The molecular weight excluding hydrogens is 562 g/mol. The lowest BCUT2D eigenvalue weighted by molar-refractivity contribution is 0.477. The lowest BCUT2D eigenvalue weighted by Crippen LogP contribution is -2.11. The molecule has 0 radical (unpaired) electrons. The van der Waals surface area contributed by atoms with Crippen LogP contribution in [0.4, 0.5) is 0 Å². The highest BCUT2D eigenvalue weighted by atomic mass is 16.3. The first-order chi connectivity index (χ1) is 22.0. The summed E-state index contributed by atoms with van der Waals surface area (Å²) in [5.41, 5.74) is 11.3. The first-order valence-corrected chi connectivity index (χ1v) is 15.9. The Morgan fingerprint density at radius 3 is 2.00 bits per heavy atom. The second-order valence-corrected chi connectivity index (χ2v) is 14.2. The van der Waals surface area contributed by atoms with Crippen molar-refractivity contribution in [2.75, 3.05) is 0 Å². The maximum Gasteiger partial charge on any atom is 0.145 e. The van der Waals surface area contributed by atoms with Gasteiger partial charge >= 0.3 is 0 Å². The molecule has 2 heterocycles. The van der Waals surface area contributed by atoms with Crippen LogP contribution in [0.25, 0.3) is 61.3 Å². The molecule has 7 aromatic rings. The zero-order valence-electron chi connectivity index (χ0n) is 27.3. The SMILES string of the molecule is CC(C)(C)c1ccc(-n2c(-c3cccc(-c4cc(C(C)(C)C)cc5cccnc45)c3)nc3c(-c4ccccc4O)cccc32)cc1. The third kappa shape index (κ3) is 5.24. The molecule has 0 saturated heterocycles. The molecule has 228 valence electrons. The number of hydrogen-bond donors (Lipinski definition) is 1. The van der Waals surface area contributed by atoms with E-state index in [1.807, 2.05) is 42.6 Å². The largest absolute Gasteiger partial charge is 0.507 e. The molecule has 0 saturated carbocycles. The van der Waals surface area contributed by atoms with Crippen LogP contribution in [0.5, 0.6) is 5.75 Å². The molecule has 2 aromatic heterocycles. The number of phenols is 1. The summed E-state index contributed by atoms with van der Waals surface area (Å²) in [4.78, 5) is 10.2. The van der Waals surface area contributed by atoms with E-state index < -0.39 is 0 Å². The van der Waals surface area contributed by atoms with Crippen molar-refractivity contribution in [3.8, 4) is 45.1 Å². The van der Waals surface area contributed by atoms with Crippen molar-refractivity contribution in [2.45, 2.75) is 52.4 Å². The highest BCUT2D eigenvalue weighted by Gasteiger charge is 2.22. The number of imidazole rings is 1. The van der Waals surface area contributed by atoms with Crippen molar-refractivity contribution in [2.24, 2.45) is 0 Å². The lowest BCUT2D eigenvalue weighted by atomic mass is 9.84. The number of hydrogen-bond acceptors (Lipinski definition) is 3. The van der Waals surface area contributed by atoms with E-state index in [9.17, 15) is 5.11 Å². The normalized spacial score (nSPS) is 12.2. The highest BCUT2D eigenvalue weighted by molar-refractivity contribution is 5.98. The number of nitrogens with zero attached hydrogens (tertiary/aromatic N) is 3. The van der Waals surface area contributed by atoms with Gasteiger partial charge in [-0.25, -0.2) is 4.98 Å². The van der Waals surface area contributed by atoms with E-state index in [4.69, 9.17) is 9.97 Å². The number of pyridine rings is 1. The molecule has 0 aliphatic carbocycles. The molecule has 4 heteroatoms. The van der Waals surface area contributed by atoms with Crippen LogP contribution in [0.2, 0.25) is 0 Å². The van der Waals surface area contributed by atoms with Gasteiger partial charge in [0.2, 0.25) is 0 Å². The van der Waals surface area contributed by atoms with Crippen molar-refractivity contribution in [3.05, 3.63) is 133 Å². The van der Waals surface area contributed by atoms with Gasteiger partial charge in [0.05, 0.1) is 16.6 Å². The summed E-state index contributed by atoms with van der Waals surface area (Å²) in [6.45, 7) is 13.5. The van der Waals surface area contributed by atoms with E-state index in [0.29, 0.717) is 0 Å². The van der Waals surface area contributed by atoms with Gasteiger partial charge in [-0.1, -0.05) is 108 Å². The second kappa shape index (κ2) is 11.0. The van der Waals surface area contributed by atoms with Crippen LogP contribution in [0.1, 0.15) is 52.7 Å². The van der Waals surface area contributed by atoms with Gasteiger partial charge in [-0.15, -0.1) is 0 Å². The average Bonchev–Trinajstić information content (AvgIpc) is 3.44. The Labute approximate surface area is 271 Å². The number of fused-ring (bicyclic) bond motifs is 2. The summed E-state index contributed by atoms with van der Waals surface area (Å²) in [6.07, 6.45) is 1.87. The predicted octanol–water partition coefficient (Wildman–Crippen LogP) is 10.9. The van der Waals surface area contributed by atoms with Crippen molar-refractivity contribution >= 4 is 21.9 Å². The van der Waals surface area contributed by atoms with Gasteiger partial charge < -0.3 is 5.11 Å². The first-order valence-electron chi connectivity index (χ1n) is 15.9. The second-order valence-electron chi connectivity index (χ2n) is 14.2. The summed E-state index contributed by atoms with van der Waals surface area (Å²) in [6, 6.07) is 39.8. The fraction of sp³-hybridized carbons (Fsp3) is 0.190. The highest BCUT2D eigenvalue weighted by Crippen LogP contribution is 2.40. The molecule has 46 heavy (non-hydrogen) atoms. The van der Waals surface area contributed by atoms with Crippen LogP contribution in [0, 0.1) is 0 Å². The zero-order valence-corrected chi connectivity index (χ0v) is 27.3. The summed E-state index contributed by atoms with van der Waals surface area (Å²) < 4.78 is 2.24. The fourth-order valence-corrected chi connectivity index (χ4v) is 6.25. The summed E-state index contributed by atoms with van der Waals surface area (Å²) in [5, 5.41) is 12.0. The molecular formula is C42H39N3O. The number of aromatic nitrogens is 3. The number of benzene rings is 5. The number of para-hydroxylation sites is 2. The minimum absolute atomic E-state index is 0.0109. The number of phenolic OH excluding ortho intramolecular Hbond substituents is 1. The van der Waals surface area contributed by atoms with Crippen LogP contribution in [0.3, 0.4) is 0 Å². The van der Waals surface area contributed by atoms with Crippen molar-refractivity contribution in [1.29, 1.82) is 0 Å². The molecule has 5 aromatic carbocycles. The Bertz CT molecular complexity index is 2230. The molecule has 0 amide bonds. The third-order valence-electron chi connectivity index (χ3n) is 8.87. The van der Waals surface area contributed by atoms with E-state index in [1.54, 1.807) is 6.07 Å². The molecule has 0 unspecified atom stereocenters. The molecule has 4 nitrogen and oxygen atoms in total. The predicted molar refractivity (Wildman–Crippen MR) is 192 cm³/mol. The average molecular weight is 602 g/mol. The zero-order chi connectivity index (χ0) is 32.2. The van der Waals surface area contributed by atoms with Gasteiger partial charge in [-0.3, -0.25) is 9.55 Å². The number of rotatable bonds is 4. The Hall–Kier alpha value is -5.22. The monoisotopic (exact) mass is 601 g/mol. The third-order valence-corrected chi connectivity index (χ3v) is 8.87. The molecule has 0 bridgehead atoms. The number of aromatic hydroxyl groups is 1. The molecule has 7 rings (SSSR count). The summed E-state index contributed by atoms with van der Waals surface area (Å²) in [5.74, 6) is 1.08. The molecule has 0 spiro atoms. The Kier molecular flexibility index (Phi) is 7.05. The minimum atomic E-state index is -0.0109. The van der Waals surface area contributed by atoms with E-state index in [-0.39, 0.29) is 16.6 Å². The van der Waals surface area contributed by atoms with Crippen molar-refractivity contribution in [3.63, 3.8) is 0 Å². The molecule has 0 aliphatic heterocycles. The van der Waals surface area contributed by atoms with Crippen LogP contribution in [0.15, 0.2) is 121 Å². The van der Waals surface area contributed by atoms with Crippen LogP contribution < -0.4 is 0 Å². The minimum Gasteiger partial charge on any atom is -0.507 e. The van der Waals surface area contributed by atoms with Gasteiger partial charge in [0, 0.05) is 39.5 Å². The first kappa shape index (κ1) is 29.5. The summed E-state index contributed by atoms with van der Waals surface area (Å²) >= 11 is 0. The van der Waals surface area contributed by atoms with Crippen molar-refractivity contribution < 1.29 is 5.11 Å². The Morgan fingerprint density at radius 1 is 0.565 bits per heavy atom. The van der Waals surface area contributed by atoms with Crippen LogP contribution in [-0.4, -0.2) is 19.6 Å².